The zero-order valence-corrected chi connectivity index (χ0v) is 17.2. The first-order valence-corrected chi connectivity index (χ1v) is 10.4. The fraction of sp³-hybridized carbons (Fsp3) is 0.381. The van der Waals surface area contributed by atoms with Crippen LogP contribution in [0.15, 0.2) is 36.7 Å². The van der Waals surface area contributed by atoms with E-state index < -0.39 is 6.03 Å². The van der Waals surface area contributed by atoms with Gasteiger partial charge in [0, 0.05) is 30.5 Å². The lowest BCUT2D eigenvalue weighted by atomic mass is 9.93. The van der Waals surface area contributed by atoms with Gasteiger partial charge in [-0.3, -0.25) is 15.1 Å². The molecule has 1 aliphatic rings. The summed E-state index contributed by atoms with van der Waals surface area (Å²) in [5.41, 5.74) is 2.33. The number of anilines is 1. The molecule has 1 saturated carbocycles. The topological polar surface area (TPSA) is 134 Å². The molecule has 4 N–H and O–H groups in total. The summed E-state index contributed by atoms with van der Waals surface area (Å²) < 4.78 is 1.43. The molecule has 4 rings (SSSR count). The fourth-order valence-corrected chi connectivity index (χ4v) is 3.68. The molecule has 0 spiro atoms. The standard InChI is InChI=1S/C21H25N7O3/c1-2-23-21(31)26-20-25-18-11-14(13-4-3-9-22-12-13)10-17(28(18)27-20)19(30)24-15-5-7-16(29)8-6-15/h3-4,9-12,15-16,29H,2,5-8H2,1H3,(H,24,30)(H2,23,26,27,31). The van der Waals surface area contributed by atoms with Crippen LogP contribution in [-0.4, -0.2) is 55.3 Å². The van der Waals surface area contributed by atoms with Crippen LogP contribution < -0.4 is 16.0 Å². The van der Waals surface area contributed by atoms with Gasteiger partial charge in [0.05, 0.1) is 6.10 Å². The van der Waals surface area contributed by atoms with Gasteiger partial charge < -0.3 is 15.7 Å². The van der Waals surface area contributed by atoms with Gasteiger partial charge in [0.15, 0.2) is 5.65 Å². The lowest BCUT2D eigenvalue weighted by Crippen LogP contribution is -2.39. The zero-order valence-electron chi connectivity index (χ0n) is 17.2. The number of carbonyl (C=O) groups excluding carboxylic acids is 2. The zero-order chi connectivity index (χ0) is 21.8. The second-order valence-corrected chi connectivity index (χ2v) is 7.54. The fourth-order valence-electron chi connectivity index (χ4n) is 3.68. The van der Waals surface area contributed by atoms with Gasteiger partial charge in [-0.05, 0) is 56.4 Å². The average Bonchev–Trinajstić information content (AvgIpc) is 3.17. The van der Waals surface area contributed by atoms with E-state index >= 15 is 0 Å². The number of nitrogens with one attached hydrogen (secondary N) is 3. The van der Waals surface area contributed by atoms with Gasteiger partial charge in [0.2, 0.25) is 0 Å². The maximum absolute atomic E-state index is 13.1. The Labute approximate surface area is 179 Å². The summed E-state index contributed by atoms with van der Waals surface area (Å²) in [5, 5.41) is 22.3. The van der Waals surface area contributed by atoms with Crippen LogP contribution in [0.5, 0.6) is 0 Å². The highest BCUT2D eigenvalue weighted by Crippen LogP contribution is 2.23. The third-order valence-corrected chi connectivity index (χ3v) is 5.26. The summed E-state index contributed by atoms with van der Waals surface area (Å²) in [6.07, 6.45) is 5.87. The Morgan fingerprint density at radius 3 is 2.71 bits per heavy atom. The van der Waals surface area contributed by atoms with Crippen molar-refractivity contribution in [2.75, 3.05) is 11.9 Å². The largest absolute Gasteiger partial charge is 0.393 e. The minimum absolute atomic E-state index is 0.00977. The Hall–Kier alpha value is -3.53. The molecule has 3 aromatic heterocycles. The number of carbonyl (C=O) groups is 2. The Morgan fingerprint density at radius 1 is 1.19 bits per heavy atom. The number of aliphatic hydroxyl groups is 1. The maximum Gasteiger partial charge on any atom is 0.321 e. The van der Waals surface area contributed by atoms with Crippen molar-refractivity contribution in [3.8, 4) is 11.1 Å². The van der Waals surface area contributed by atoms with Crippen molar-refractivity contribution in [1.82, 2.24) is 30.2 Å². The molecule has 1 fully saturated rings. The van der Waals surface area contributed by atoms with Gasteiger partial charge in [0.25, 0.3) is 11.9 Å². The van der Waals surface area contributed by atoms with Crippen LogP contribution in [0.2, 0.25) is 0 Å². The van der Waals surface area contributed by atoms with E-state index in [4.69, 9.17) is 0 Å². The van der Waals surface area contributed by atoms with Crippen LogP contribution in [0.3, 0.4) is 0 Å². The first-order chi connectivity index (χ1) is 15.0. The number of nitrogens with zero attached hydrogens (tertiary/aromatic N) is 4. The van der Waals surface area contributed by atoms with E-state index in [2.05, 4.69) is 31.0 Å². The third kappa shape index (κ3) is 4.80. The summed E-state index contributed by atoms with van der Waals surface area (Å²) in [6, 6.07) is 6.82. The van der Waals surface area contributed by atoms with Crippen LogP contribution in [0.1, 0.15) is 43.1 Å². The van der Waals surface area contributed by atoms with Crippen molar-refractivity contribution in [2.24, 2.45) is 0 Å². The van der Waals surface area contributed by atoms with Crippen LogP contribution in [0, 0.1) is 0 Å². The van der Waals surface area contributed by atoms with Crippen molar-refractivity contribution in [3.63, 3.8) is 0 Å². The van der Waals surface area contributed by atoms with Crippen molar-refractivity contribution < 1.29 is 14.7 Å². The minimum Gasteiger partial charge on any atom is -0.393 e. The van der Waals surface area contributed by atoms with Gasteiger partial charge in [-0.1, -0.05) is 6.07 Å². The molecule has 3 amide bonds. The molecular formula is C21H25N7O3. The summed E-state index contributed by atoms with van der Waals surface area (Å²) in [6.45, 7) is 2.28. The number of hydrogen-bond donors (Lipinski definition) is 4. The van der Waals surface area contributed by atoms with Gasteiger partial charge in [-0.15, -0.1) is 5.10 Å². The SMILES string of the molecule is CCNC(=O)Nc1nc2cc(-c3cccnc3)cc(C(=O)NC3CCC(O)CC3)n2n1. The third-order valence-electron chi connectivity index (χ3n) is 5.26. The minimum atomic E-state index is -0.419. The lowest BCUT2D eigenvalue weighted by molar-refractivity contribution is 0.0861. The van der Waals surface area contributed by atoms with E-state index in [0.717, 1.165) is 24.0 Å². The Bertz CT molecular complexity index is 1080. The number of amides is 3. The number of aliphatic hydroxyl groups excluding tert-OH is 1. The van der Waals surface area contributed by atoms with Gasteiger partial charge in [0.1, 0.15) is 5.69 Å². The lowest BCUT2D eigenvalue weighted by Gasteiger charge is -2.26. The molecule has 0 radical (unpaired) electrons. The highest BCUT2D eigenvalue weighted by molar-refractivity contribution is 5.95. The monoisotopic (exact) mass is 423 g/mol. The molecular weight excluding hydrogens is 398 g/mol. The first kappa shape index (κ1) is 20.7. The molecule has 162 valence electrons. The number of rotatable bonds is 5. The van der Waals surface area contributed by atoms with Gasteiger partial charge in [-0.2, -0.15) is 4.98 Å². The number of hydrogen-bond acceptors (Lipinski definition) is 6. The molecule has 0 aromatic carbocycles. The molecule has 0 bridgehead atoms. The molecule has 10 heteroatoms. The maximum atomic E-state index is 13.1. The molecule has 1 aliphatic carbocycles. The number of pyridine rings is 2. The predicted molar refractivity (Wildman–Crippen MR) is 115 cm³/mol. The highest BCUT2D eigenvalue weighted by atomic mass is 16.3. The van der Waals surface area contributed by atoms with Crippen LogP contribution >= 0.6 is 0 Å². The smallest absolute Gasteiger partial charge is 0.321 e. The van der Waals surface area contributed by atoms with Crippen LogP contribution in [0.4, 0.5) is 10.7 Å². The van der Waals surface area contributed by atoms with Crippen LogP contribution in [0.25, 0.3) is 16.8 Å². The number of urea groups is 1. The molecule has 10 nitrogen and oxygen atoms in total. The Kier molecular flexibility index (Phi) is 6.08. The van der Waals surface area contributed by atoms with E-state index in [-0.39, 0.29) is 24.0 Å². The van der Waals surface area contributed by atoms with Crippen LogP contribution in [-0.2, 0) is 0 Å². The van der Waals surface area contributed by atoms with E-state index in [1.165, 1.54) is 4.52 Å². The molecule has 0 unspecified atom stereocenters. The highest BCUT2D eigenvalue weighted by Gasteiger charge is 2.23. The molecule has 3 heterocycles. The number of fused-ring (bicyclic) bond motifs is 1. The molecule has 31 heavy (non-hydrogen) atoms. The summed E-state index contributed by atoms with van der Waals surface area (Å²) in [5.74, 6) is -0.185. The van der Waals surface area contributed by atoms with Gasteiger partial charge in [-0.25, -0.2) is 9.31 Å². The van der Waals surface area contributed by atoms with Gasteiger partial charge >= 0.3 is 6.03 Å². The van der Waals surface area contributed by atoms with E-state index in [9.17, 15) is 14.7 Å². The Balaban J connectivity index is 1.69. The second kappa shape index (κ2) is 9.09. The summed E-state index contributed by atoms with van der Waals surface area (Å²) in [7, 11) is 0. The second-order valence-electron chi connectivity index (χ2n) is 7.54. The summed E-state index contributed by atoms with van der Waals surface area (Å²) >= 11 is 0. The quantitative estimate of drug-likeness (QED) is 0.496. The van der Waals surface area contributed by atoms with E-state index in [1.54, 1.807) is 24.5 Å². The normalized spacial score (nSPS) is 18.5. The van der Waals surface area contributed by atoms with Crippen molar-refractivity contribution in [2.45, 2.75) is 44.8 Å². The van der Waals surface area contributed by atoms with Crippen molar-refractivity contribution in [3.05, 3.63) is 42.4 Å². The average molecular weight is 423 g/mol. The number of aromatic nitrogens is 4. The molecule has 0 aliphatic heterocycles. The first-order valence-electron chi connectivity index (χ1n) is 10.4. The molecule has 0 atom stereocenters. The molecule has 3 aromatic rings. The Morgan fingerprint density at radius 2 is 2.00 bits per heavy atom. The van der Waals surface area contributed by atoms with E-state index in [1.807, 2.05) is 19.1 Å². The van der Waals surface area contributed by atoms with E-state index in [0.29, 0.717) is 30.7 Å². The molecule has 0 saturated heterocycles. The summed E-state index contributed by atoms with van der Waals surface area (Å²) in [4.78, 5) is 33.5. The van der Waals surface area contributed by atoms with Crippen molar-refractivity contribution >= 4 is 23.5 Å². The van der Waals surface area contributed by atoms with Crippen molar-refractivity contribution in [1.29, 1.82) is 0 Å². The predicted octanol–water partition coefficient (Wildman–Crippen LogP) is 1.97.